The molecule has 0 aromatic heterocycles. The van der Waals surface area contributed by atoms with E-state index in [4.69, 9.17) is 4.74 Å². The highest BCUT2D eigenvalue weighted by atomic mass is 16.5. The van der Waals surface area contributed by atoms with Crippen molar-refractivity contribution in [3.63, 3.8) is 0 Å². The van der Waals surface area contributed by atoms with Crippen LogP contribution in [0.4, 0.5) is 0 Å². The minimum Gasteiger partial charge on any atom is -0.379 e. The molecule has 0 aromatic carbocycles. The first-order valence-electron chi connectivity index (χ1n) is 7.71. The van der Waals surface area contributed by atoms with Crippen LogP contribution >= 0.6 is 0 Å². The van der Waals surface area contributed by atoms with Gasteiger partial charge in [0, 0.05) is 18.6 Å². The van der Waals surface area contributed by atoms with Gasteiger partial charge in [-0.3, -0.25) is 0 Å². The van der Waals surface area contributed by atoms with Gasteiger partial charge >= 0.3 is 0 Å². The smallest absolute Gasteiger partial charge is 0.0623 e. The Hall–Kier alpha value is -0.120. The van der Waals surface area contributed by atoms with Crippen LogP contribution in [0.15, 0.2) is 0 Å². The lowest BCUT2D eigenvalue weighted by Gasteiger charge is -2.33. The van der Waals surface area contributed by atoms with Crippen LogP contribution in [0, 0.1) is 17.3 Å². The van der Waals surface area contributed by atoms with Crippen LogP contribution in [0.5, 0.6) is 0 Å². The fourth-order valence-corrected chi connectivity index (χ4v) is 3.80. The minimum atomic E-state index is 0.589. The van der Waals surface area contributed by atoms with Crippen molar-refractivity contribution in [3.05, 3.63) is 0 Å². The summed E-state index contributed by atoms with van der Waals surface area (Å²) in [5.74, 6) is 1.70. The first-order valence-corrected chi connectivity index (χ1v) is 7.71. The Morgan fingerprint density at radius 1 is 1.33 bits per heavy atom. The van der Waals surface area contributed by atoms with Crippen molar-refractivity contribution in [2.24, 2.45) is 17.3 Å². The average molecular weight is 252 g/mol. The Morgan fingerprint density at radius 3 is 2.83 bits per heavy atom. The van der Waals surface area contributed by atoms with Crippen molar-refractivity contribution >= 4 is 0 Å². The highest BCUT2D eigenvalue weighted by Crippen LogP contribution is 2.51. The molecule has 3 rings (SSSR count). The molecule has 0 spiro atoms. The summed E-state index contributed by atoms with van der Waals surface area (Å²) in [6.07, 6.45) is 5.51. The number of morpholine rings is 1. The number of hydrogen-bond donors (Lipinski definition) is 2. The van der Waals surface area contributed by atoms with E-state index in [1.165, 1.54) is 32.2 Å². The lowest BCUT2D eigenvalue weighted by molar-refractivity contribution is 0.0524. The first-order chi connectivity index (χ1) is 8.67. The zero-order valence-electron chi connectivity index (χ0n) is 11.9. The third kappa shape index (κ3) is 2.73. The molecule has 1 aliphatic heterocycles. The predicted octanol–water partition coefficient (Wildman–Crippen LogP) is 1.78. The maximum atomic E-state index is 5.62. The van der Waals surface area contributed by atoms with Gasteiger partial charge in [0.25, 0.3) is 0 Å². The van der Waals surface area contributed by atoms with Gasteiger partial charge in [-0.2, -0.15) is 0 Å². The van der Waals surface area contributed by atoms with Crippen molar-refractivity contribution in [1.82, 2.24) is 10.6 Å². The van der Waals surface area contributed by atoms with Gasteiger partial charge in [-0.15, -0.1) is 0 Å². The SMILES string of the molecule is CC1(C)CC1CNC1CCCC1C1COCCN1. The minimum absolute atomic E-state index is 0.589. The van der Waals surface area contributed by atoms with Gasteiger partial charge in [0.05, 0.1) is 13.2 Å². The molecule has 1 heterocycles. The van der Waals surface area contributed by atoms with E-state index in [2.05, 4.69) is 24.5 Å². The molecule has 0 aromatic rings. The molecule has 3 heteroatoms. The van der Waals surface area contributed by atoms with Crippen LogP contribution in [0.2, 0.25) is 0 Å². The second kappa shape index (κ2) is 5.10. The summed E-state index contributed by atoms with van der Waals surface area (Å²) in [6, 6.07) is 1.31. The summed E-state index contributed by atoms with van der Waals surface area (Å²) in [7, 11) is 0. The first kappa shape index (κ1) is 12.9. The second-order valence-corrected chi connectivity index (χ2v) is 7.13. The van der Waals surface area contributed by atoms with Gasteiger partial charge < -0.3 is 15.4 Å². The molecule has 18 heavy (non-hydrogen) atoms. The van der Waals surface area contributed by atoms with Crippen LogP contribution < -0.4 is 10.6 Å². The fraction of sp³-hybridized carbons (Fsp3) is 1.00. The van der Waals surface area contributed by atoms with Gasteiger partial charge in [0.15, 0.2) is 0 Å². The van der Waals surface area contributed by atoms with Gasteiger partial charge in [0.1, 0.15) is 0 Å². The molecule has 0 amide bonds. The molecule has 1 saturated heterocycles. The topological polar surface area (TPSA) is 33.3 Å². The molecule has 2 aliphatic carbocycles. The van der Waals surface area contributed by atoms with E-state index in [0.717, 1.165) is 37.6 Å². The molecule has 0 radical (unpaired) electrons. The molecular formula is C15H28N2O. The largest absolute Gasteiger partial charge is 0.379 e. The number of nitrogens with one attached hydrogen (secondary N) is 2. The summed E-state index contributed by atoms with van der Waals surface area (Å²) in [5.41, 5.74) is 0.604. The summed E-state index contributed by atoms with van der Waals surface area (Å²) in [6.45, 7) is 8.84. The maximum Gasteiger partial charge on any atom is 0.0623 e. The molecule has 3 aliphatic rings. The number of hydrogen-bond acceptors (Lipinski definition) is 3. The van der Waals surface area contributed by atoms with E-state index >= 15 is 0 Å². The van der Waals surface area contributed by atoms with Crippen molar-refractivity contribution in [2.45, 2.75) is 51.6 Å². The highest BCUT2D eigenvalue weighted by Gasteiger charge is 2.45. The second-order valence-electron chi connectivity index (χ2n) is 7.13. The normalized spacial score (nSPS) is 43.0. The maximum absolute atomic E-state index is 5.62. The van der Waals surface area contributed by atoms with Gasteiger partial charge in [0.2, 0.25) is 0 Å². The summed E-state index contributed by atoms with van der Waals surface area (Å²) in [4.78, 5) is 0. The lowest BCUT2D eigenvalue weighted by Crippen LogP contribution is -2.51. The molecule has 4 atom stereocenters. The third-order valence-corrected chi connectivity index (χ3v) is 5.38. The molecule has 2 saturated carbocycles. The van der Waals surface area contributed by atoms with Crippen LogP contribution in [-0.2, 0) is 4.74 Å². The Labute approximate surface area is 111 Å². The molecule has 3 nitrogen and oxygen atoms in total. The van der Waals surface area contributed by atoms with Gasteiger partial charge in [-0.25, -0.2) is 0 Å². The molecule has 4 unspecified atom stereocenters. The van der Waals surface area contributed by atoms with Crippen molar-refractivity contribution in [1.29, 1.82) is 0 Å². The van der Waals surface area contributed by atoms with E-state index in [0.29, 0.717) is 11.5 Å². The van der Waals surface area contributed by atoms with E-state index in [-0.39, 0.29) is 0 Å². The lowest BCUT2D eigenvalue weighted by atomic mass is 9.94. The molecular weight excluding hydrogens is 224 g/mol. The Balaban J connectivity index is 1.48. The van der Waals surface area contributed by atoms with Crippen LogP contribution in [0.1, 0.15) is 39.5 Å². The summed E-state index contributed by atoms with van der Waals surface area (Å²) >= 11 is 0. The quantitative estimate of drug-likeness (QED) is 0.800. The molecule has 3 fully saturated rings. The zero-order chi connectivity index (χ0) is 12.6. The Morgan fingerprint density at radius 2 is 2.17 bits per heavy atom. The predicted molar refractivity (Wildman–Crippen MR) is 73.6 cm³/mol. The van der Waals surface area contributed by atoms with Crippen molar-refractivity contribution in [2.75, 3.05) is 26.3 Å². The molecule has 2 N–H and O–H groups in total. The van der Waals surface area contributed by atoms with Crippen LogP contribution in [0.25, 0.3) is 0 Å². The van der Waals surface area contributed by atoms with E-state index in [9.17, 15) is 0 Å². The van der Waals surface area contributed by atoms with Crippen molar-refractivity contribution in [3.8, 4) is 0 Å². The fourth-order valence-electron chi connectivity index (χ4n) is 3.80. The van der Waals surface area contributed by atoms with Gasteiger partial charge in [-0.1, -0.05) is 20.3 Å². The zero-order valence-corrected chi connectivity index (χ0v) is 11.9. The van der Waals surface area contributed by atoms with E-state index in [1.54, 1.807) is 0 Å². The average Bonchev–Trinajstić information content (AvgIpc) is 2.78. The Bertz CT molecular complexity index is 286. The van der Waals surface area contributed by atoms with Crippen molar-refractivity contribution < 1.29 is 4.74 Å². The van der Waals surface area contributed by atoms with Gasteiger partial charge in [-0.05, 0) is 43.1 Å². The highest BCUT2D eigenvalue weighted by molar-refractivity contribution is 4.98. The Kier molecular flexibility index (Phi) is 3.65. The van der Waals surface area contributed by atoms with E-state index in [1.807, 2.05) is 0 Å². The summed E-state index contributed by atoms with van der Waals surface area (Å²) < 4.78 is 5.62. The molecule has 0 bridgehead atoms. The number of rotatable bonds is 4. The summed E-state index contributed by atoms with van der Waals surface area (Å²) in [5, 5.41) is 7.50. The third-order valence-electron chi connectivity index (χ3n) is 5.38. The number of ether oxygens (including phenoxy) is 1. The monoisotopic (exact) mass is 252 g/mol. The van der Waals surface area contributed by atoms with E-state index < -0.39 is 0 Å². The standard InChI is InChI=1S/C15H28N2O/c1-15(2)8-11(15)9-17-13-5-3-4-12(13)14-10-18-7-6-16-14/h11-14,16-17H,3-10H2,1-2H3. The molecule has 104 valence electrons. The van der Waals surface area contributed by atoms with Crippen LogP contribution in [0.3, 0.4) is 0 Å². The van der Waals surface area contributed by atoms with Crippen LogP contribution in [-0.4, -0.2) is 38.4 Å².